The van der Waals surface area contributed by atoms with Gasteiger partial charge in [-0.3, -0.25) is 0 Å². The number of ether oxygens (including phenoxy) is 2. The van der Waals surface area contributed by atoms with Crippen LogP contribution in [0.25, 0.3) is 0 Å². The van der Waals surface area contributed by atoms with E-state index in [1.54, 1.807) is 38.5 Å². The lowest BCUT2D eigenvalue weighted by Gasteiger charge is -2.07. The number of sulfonamides is 1. The number of benzene rings is 1. The van der Waals surface area contributed by atoms with Crippen LogP contribution in [0.5, 0.6) is 0 Å². The van der Waals surface area contributed by atoms with E-state index < -0.39 is 10.0 Å². The Bertz CT molecular complexity index is 514. The van der Waals surface area contributed by atoms with Crippen LogP contribution in [-0.4, -0.2) is 52.2 Å². The van der Waals surface area contributed by atoms with Crippen molar-refractivity contribution in [3.8, 4) is 0 Å². The van der Waals surface area contributed by atoms with Crippen LogP contribution < -0.4 is 0 Å². The zero-order chi connectivity index (χ0) is 14.0. The summed E-state index contributed by atoms with van der Waals surface area (Å²) in [6, 6.07) is 6.61. The van der Waals surface area contributed by atoms with E-state index in [4.69, 9.17) is 9.47 Å². The Morgan fingerprint density at radius 3 is 1.95 bits per heavy atom. The summed E-state index contributed by atoms with van der Waals surface area (Å²) in [6.07, 6.45) is 0. The quantitative estimate of drug-likeness (QED) is 0.733. The van der Waals surface area contributed by atoms with E-state index in [9.17, 15) is 8.42 Å². The molecule has 0 radical (unpaired) electrons. The third-order valence-corrected chi connectivity index (χ3v) is 5.24. The number of hydrogen-bond acceptors (Lipinski definition) is 4. The molecule has 1 aromatic rings. The molecule has 1 aromatic carbocycles. The first-order valence-electron chi connectivity index (χ1n) is 6.10. The van der Waals surface area contributed by atoms with Gasteiger partial charge in [0.05, 0.1) is 30.2 Å². The molecule has 0 saturated carbocycles. The van der Waals surface area contributed by atoms with E-state index in [2.05, 4.69) is 0 Å². The molecule has 3 atom stereocenters. The molecule has 0 aliphatic carbocycles. The molecule has 1 heterocycles. The van der Waals surface area contributed by atoms with E-state index in [1.807, 2.05) is 6.92 Å². The minimum Gasteiger partial charge on any atom is -0.383 e. The van der Waals surface area contributed by atoms with E-state index in [1.165, 1.54) is 4.31 Å². The summed E-state index contributed by atoms with van der Waals surface area (Å²) in [4.78, 5) is 0.317. The van der Waals surface area contributed by atoms with Gasteiger partial charge in [0.25, 0.3) is 0 Å². The molecule has 0 aromatic heterocycles. The Hall–Kier alpha value is -0.950. The summed E-state index contributed by atoms with van der Waals surface area (Å²) < 4.78 is 36.6. The van der Waals surface area contributed by atoms with Crippen molar-refractivity contribution < 1.29 is 17.9 Å². The minimum atomic E-state index is -3.45. The Labute approximate surface area is 114 Å². The first-order chi connectivity index (χ1) is 9.02. The Kier molecular flexibility index (Phi) is 4.25. The van der Waals surface area contributed by atoms with Gasteiger partial charge >= 0.3 is 0 Å². The molecule has 1 aliphatic rings. The summed E-state index contributed by atoms with van der Waals surface area (Å²) in [5.74, 6) is 0. The SMILES string of the molecule is COC[C@@H]1[C@H](COC)N1S(=O)(=O)c1ccc(C)cc1. The van der Waals surface area contributed by atoms with Crippen molar-refractivity contribution in [2.24, 2.45) is 0 Å². The molecule has 1 fully saturated rings. The largest absolute Gasteiger partial charge is 0.383 e. The molecular formula is C13H19NO4S. The Morgan fingerprint density at radius 1 is 1.05 bits per heavy atom. The zero-order valence-electron chi connectivity index (χ0n) is 11.4. The lowest BCUT2D eigenvalue weighted by atomic mass is 10.2. The summed E-state index contributed by atoms with van der Waals surface area (Å²) >= 11 is 0. The second-order valence-electron chi connectivity index (χ2n) is 4.69. The standard InChI is InChI=1S/C13H19NO4S/c1-10-4-6-11(7-5-10)19(15,16)14-12(8-17-2)13(14)9-18-3/h4-7,12-13H,8-9H2,1-3H3/t12-,13+,14?. The smallest absolute Gasteiger partial charge is 0.243 e. The van der Waals surface area contributed by atoms with Gasteiger partial charge in [-0.05, 0) is 19.1 Å². The van der Waals surface area contributed by atoms with E-state index >= 15 is 0 Å². The maximum Gasteiger partial charge on any atom is 0.243 e. The van der Waals surface area contributed by atoms with Gasteiger partial charge in [0.15, 0.2) is 0 Å². The number of methoxy groups -OCH3 is 2. The first kappa shape index (κ1) is 14.5. The summed E-state index contributed by atoms with van der Waals surface area (Å²) in [6.45, 7) is 2.70. The summed E-state index contributed by atoms with van der Waals surface area (Å²) in [5.41, 5.74) is 1.03. The zero-order valence-corrected chi connectivity index (χ0v) is 12.2. The molecule has 2 rings (SSSR count). The molecule has 1 aliphatic heterocycles. The van der Waals surface area contributed by atoms with Crippen LogP contribution in [0.3, 0.4) is 0 Å². The lowest BCUT2D eigenvalue weighted by molar-refractivity contribution is 0.179. The van der Waals surface area contributed by atoms with Gasteiger partial charge in [-0.15, -0.1) is 0 Å². The maximum atomic E-state index is 12.5. The van der Waals surface area contributed by atoms with Gasteiger partial charge < -0.3 is 9.47 Å². The average Bonchev–Trinajstić information content (AvgIpc) is 3.04. The van der Waals surface area contributed by atoms with Crippen molar-refractivity contribution in [1.82, 2.24) is 4.31 Å². The monoisotopic (exact) mass is 285 g/mol. The number of nitrogens with zero attached hydrogens (tertiary/aromatic N) is 1. The molecule has 19 heavy (non-hydrogen) atoms. The minimum absolute atomic E-state index is 0.128. The van der Waals surface area contributed by atoms with Crippen molar-refractivity contribution in [3.05, 3.63) is 29.8 Å². The van der Waals surface area contributed by atoms with Gasteiger partial charge in [-0.1, -0.05) is 17.7 Å². The van der Waals surface area contributed by atoms with E-state index in [0.717, 1.165) is 5.56 Å². The normalized spacial score (nSPS) is 26.4. The highest BCUT2D eigenvalue weighted by Gasteiger charge is 2.55. The highest BCUT2D eigenvalue weighted by atomic mass is 32.2. The van der Waals surface area contributed by atoms with Crippen molar-refractivity contribution in [3.63, 3.8) is 0 Å². The van der Waals surface area contributed by atoms with Gasteiger partial charge in [0.1, 0.15) is 0 Å². The number of aryl methyl sites for hydroxylation is 1. The third-order valence-electron chi connectivity index (χ3n) is 3.28. The van der Waals surface area contributed by atoms with Crippen LogP contribution >= 0.6 is 0 Å². The second-order valence-corrected chi connectivity index (χ2v) is 6.54. The molecule has 0 amide bonds. The molecule has 1 unspecified atom stereocenters. The van der Waals surface area contributed by atoms with Crippen LogP contribution in [0, 0.1) is 6.92 Å². The maximum absolute atomic E-state index is 12.5. The Morgan fingerprint density at radius 2 is 1.53 bits per heavy atom. The number of rotatable bonds is 6. The molecular weight excluding hydrogens is 266 g/mol. The highest BCUT2D eigenvalue weighted by Crippen LogP contribution is 2.36. The van der Waals surface area contributed by atoms with Crippen LogP contribution in [0.1, 0.15) is 5.56 Å². The van der Waals surface area contributed by atoms with Crippen LogP contribution in [0.4, 0.5) is 0 Å². The fraction of sp³-hybridized carbons (Fsp3) is 0.538. The van der Waals surface area contributed by atoms with E-state index in [-0.39, 0.29) is 12.1 Å². The fourth-order valence-electron chi connectivity index (χ4n) is 2.21. The van der Waals surface area contributed by atoms with Crippen LogP contribution in [0.2, 0.25) is 0 Å². The third kappa shape index (κ3) is 2.81. The Balaban J connectivity index is 2.22. The summed E-state index contributed by atoms with van der Waals surface area (Å²) in [7, 11) is -0.315. The van der Waals surface area contributed by atoms with Gasteiger partial charge in [0.2, 0.25) is 10.0 Å². The van der Waals surface area contributed by atoms with Crippen molar-refractivity contribution >= 4 is 10.0 Å². The van der Waals surface area contributed by atoms with E-state index in [0.29, 0.717) is 18.1 Å². The van der Waals surface area contributed by atoms with Crippen molar-refractivity contribution in [2.45, 2.75) is 23.9 Å². The fourth-order valence-corrected chi connectivity index (χ4v) is 3.99. The molecule has 106 valence electrons. The molecule has 0 bridgehead atoms. The lowest BCUT2D eigenvalue weighted by Crippen LogP contribution is -2.18. The van der Waals surface area contributed by atoms with Gasteiger partial charge in [-0.25, -0.2) is 8.42 Å². The van der Waals surface area contributed by atoms with Gasteiger partial charge in [0, 0.05) is 14.2 Å². The van der Waals surface area contributed by atoms with Crippen LogP contribution in [0.15, 0.2) is 29.2 Å². The highest BCUT2D eigenvalue weighted by molar-refractivity contribution is 7.89. The molecule has 0 spiro atoms. The predicted molar refractivity (Wildman–Crippen MR) is 71.5 cm³/mol. The molecule has 6 heteroatoms. The predicted octanol–water partition coefficient (Wildman–Crippen LogP) is 1.03. The first-order valence-corrected chi connectivity index (χ1v) is 7.54. The van der Waals surface area contributed by atoms with Crippen molar-refractivity contribution in [1.29, 1.82) is 0 Å². The molecule has 1 saturated heterocycles. The summed E-state index contributed by atoms with van der Waals surface area (Å²) in [5, 5.41) is 0. The second kappa shape index (κ2) is 5.58. The molecule has 0 N–H and O–H groups in total. The topological polar surface area (TPSA) is 55.6 Å². The number of hydrogen-bond donors (Lipinski definition) is 0. The average molecular weight is 285 g/mol. The van der Waals surface area contributed by atoms with Crippen molar-refractivity contribution in [2.75, 3.05) is 27.4 Å². The van der Waals surface area contributed by atoms with Crippen LogP contribution in [-0.2, 0) is 19.5 Å². The van der Waals surface area contributed by atoms with Gasteiger partial charge in [-0.2, -0.15) is 4.31 Å². The molecule has 5 nitrogen and oxygen atoms in total.